The van der Waals surface area contributed by atoms with E-state index in [2.05, 4.69) is 75.0 Å². The maximum Gasteiger partial charge on any atom is 0.333 e. The Morgan fingerprint density at radius 1 is 0.754 bits per heavy atom. The lowest BCUT2D eigenvalue weighted by molar-refractivity contribution is -0.147. The van der Waals surface area contributed by atoms with Crippen molar-refractivity contribution < 1.29 is 43.9 Å². The normalized spacial score (nSPS) is 15.5. The molecule has 0 aliphatic heterocycles. The summed E-state index contributed by atoms with van der Waals surface area (Å²) in [6.45, 7) is 12.8. The van der Waals surface area contributed by atoms with Gasteiger partial charge < -0.3 is 34.3 Å². The summed E-state index contributed by atoms with van der Waals surface area (Å²) in [6.07, 6.45) is 13.6. The van der Waals surface area contributed by atoms with Gasteiger partial charge in [-0.1, -0.05) is 102 Å². The van der Waals surface area contributed by atoms with E-state index in [1.165, 1.54) is 73.6 Å². The van der Waals surface area contributed by atoms with Gasteiger partial charge in [-0.25, -0.2) is 4.79 Å². The zero-order valence-corrected chi connectivity index (χ0v) is 37.8. The SMILES string of the molecule is C=C(C)C(=O)OCCCc1cc(-c2ccc(-c3ccc(C4CCC(CCCCC)CC4)cc3)cc2CC)cc(CCCOC(=O)C(C)C)c1OCC(CO)(CO)COCCO. The lowest BCUT2D eigenvalue weighted by atomic mass is 9.77. The van der Waals surface area contributed by atoms with Crippen molar-refractivity contribution in [3.8, 4) is 28.0 Å². The summed E-state index contributed by atoms with van der Waals surface area (Å²) in [7, 11) is 0. The van der Waals surface area contributed by atoms with Crippen molar-refractivity contribution in [2.45, 2.75) is 124 Å². The first kappa shape index (κ1) is 49.6. The maximum atomic E-state index is 12.3. The smallest absolute Gasteiger partial charge is 0.333 e. The minimum atomic E-state index is -1.12. The Morgan fingerprint density at radius 3 is 1.95 bits per heavy atom. The molecular weight excluding hydrogens is 769 g/mol. The van der Waals surface area contributed by atoms with Crippen molar-refractivity contribution in [3.05, 3.63) is 89.0 Å². The van der Waals surface area contributed by atoms with Crippen molar-refractivity contribution >= 4 is 11.9 Å². The molecule has 9 heteroatoms. The van der Waals surface area contributed by atoms with Gasteiger partial charge in [-0.15, -0.1) is 0 Å². The summed E-state index contributed by atoms with van der Waals surface area (Å²) in [6, 6.07) is 20.2. The molecule has 3 aromatic rings. The Balaban J connectivity index is 1.67. The van der Waals surface area contributed by atoms with Crippen molar-refractivity contribution in [1.82, 2.24) is 0 Å². The van der Waals surface area contributed by atoms with Crippen LogP contribution >= 0.6 is 0 Å². The Kier molecular flexibility index (Phi) is 21.0. The van der Waals surface area contributed by atoms with E-state index < -0.39 is 24.6 Å². The number of hydrogen-bond acceptors (Lipinski definition) is 9. The second-order valence-corrected chi connectivity index (χ2v) is 17.5. The Labute approximate surface area is 365 Å². The van der Waals surface area contributed by atoms with Gasteiger partial charge in [0.25, 0.3) is 0 Å². The molecule has 1 fully saturated rings. The van der Waals surface area contributed by atoms with Crippen LogP contribution < -0.4 is 4.74 Å². The topological polar surface area (TPSA) is 132 Å². The highest BCUT2D eigenvalue weighted by Gasteiger charge is 2.32. The van der Waals surface area contributed by atoms with Crippen molar-refractivity contribution in [2.24, 2.45) is 17.3 Å². The molecule has 3 aromatic carbocycles. The quantitative estimate of drug-likeness (QED) is 0.0390. The highest BCUT2D eigenvalue weighted by atomic mass is 16.5. The minimum Gasteiger partial charge on any atom is -0.492 e. The van der Waals surface area contributed by atoms with Crippen molar-refractivity contribution in [2.75, 3.05) is 52.9 Å². The third-order valence-electron chi connectivity index (χ3n) is 12.1. The number of hydrogen-bond donors (Lipinski definition) is 3. The molecule has 0 heterocycles. The summed E-state index contributed by atoms with van der Waals surface area (Å²) in [4.78, 5) is 24.5. The molecule has 0 saturated heterocycles. The fourth-order valence-corrected chi connectivity index (χ4v) is 8.23. The third-order valence-corrected chi connectivity index (χ3v) is 12.1. The second-order valence-electron chi connectivity index (χ2n) is 17.5. The van der Waals surface area contributed by atoms with Gasteiger partial charge >= 0.3 is 11.9 Å². The van der Waals surface area contributed by atoms with E-state index in [-0.39, 0.29) is 51.5 Å². The highest BCUT2D eigenvalue weighted by Crippen LogP contribution is 2.40. The molecule has 9 nitrogen and oxygen atoms in total. The molecule has 336 valence electrons. The van der Waals surface area contributed by atoms with E-state index in [0.29, 0.717) is 42.9 Å². The molecule has 0 aromatic heterocycles. The summed E-state index contributed by atoms with van der Waals surface area (Å²) >= 11 is 0. The summed E-state index contributed by atoms with van der Waals surface area (Å²) in [5, 5.41) is 30.1. The fraction of sp³-hybridized carbons (Fsp3) is 0.577. The zero-order valence-electron chi connectivity index (χ0n) is 37.8. The van der Waals surface area contributed by atoms with Crippen LogP contribution in [0.25, 0.3) is 22.3 Å². The number of esters is 2. The predicted molar refractivity (Wildman–Crippen MR) is 244 cm³/mol. The van der Waals surface area contributed by atoms with Gasteiger partial charge in [0, 0.05) is 5.57 Å². The Hall–Kier alpha value is -4.02. The van der Waals surface area contributed by atoms with Crippen LogP contribution in [0.3, 0.4) is 0 Å². The third kappa shape index (κ3) is 15.1. The van der Waals surface area contributed by atoms with Crippen LogP contribution in [0.5, 0.6) is 5.75 Å². The fourth-order valence-electron chi connectivity index (χ4n) is 8.23. The average molecular weight is 843 g/mol. The number of aliphatic hydroxyl groups is 3. The van der Waals surface area contributed by atoms with E-state index in [4.69, 9.17) is 18.9 Å². The van der Waals surface area contributed by atoms with Gasteiger partial charge in [0.1, 0.15) is 12.4 Å². The van der Waals surface area contributed by atoms with Crippen molar-refractivity contribution in [1.29, 1.82) is 0 Å². The molecular formula is C52H74O9. The van der Waals surface area contributed by atoms with Crippen LogP contribution in [0.4, 0.5) is 0 Å². The molecule has 1 saturated carbocycles. The summed E-state index contributed by atoms with van der Waals surface area (Å²) in [5.74, 6) is 1.22. The molecule has 1 aliphatic carbocycles. The molecule has 4 rings (SSSR count). The van der Waals surface area contributed by atoms with Crippen LogP contribution in [0.2, 0.25) is 0 Å². The number of ether oxygens (including phenoxy) is 4. The van der Waals surface area contributed by atoms with Gasteiger partial charge in [0.05, 0.1) is 57.6 Å². The highest BCUT2D eigenvalue weighted by molar-refractivity contribution is 5.86. The molecule has 61 heavy (non-hydrogen) atoms. The van der Waals surface area contributed by atoms with Crippen LogP contribution in [-0.4, -0.2) is 80.1 Å². The lowest BCUT2D eigenvalue weighted by Crippen LogP contribution is -2.41. The van der Waals surface area contributed by atoms with E-state index in [0.717, 1.165) is 34.6 Å². The Bertz CT molecular complexity index is 1800. The van der Waals surface area contributed by atoms with Gasteiger partial charge in [-0.2, -0.15) is 0 Å². The van der Waals surface area contributed by atoms with E-state index in [9.17, 15) is 24.9 Å². The first-order valence-corrected chi connectivity index (χ1v) is 22.9. The molecule has 0 bridgehead atoms. The van der Waals surface area contributed by atoms with Gasteiger partial charge in [0.15, 0.2) is 0 Å². The van der Waals surface area contributed by atoms with Crippen LogP contribution in [0, 0.1) is 17.3 Å². The Morgan fingerprint density at radius 2 is 1.38 bits per heavy atom. The van der Waals surface area contributed by atoms with Crippen molar-refractivity contribution in [3.63, 3.8) is 0 Å². The van der Waals surface area contributed by atoms with Crippen LogP contribution in [-0.2, 0) is 43.1 Å². The number of unbranched alkanes of at least 4 members (excludes halogenated alkanes) is 2. The summed E-state index contributed by atoms with van der Waals surface area (Å²) in [5.41, 5.74) is 8.13. The number of aliphatic hydroxyl groups excluding tert-OH is 3. The van der Waals surface area contributed by atoms with Gasteiger partial charge in [0.2, 0.25) is 0 Å². The first-order valence-electron chi connectivity index (χ1n) is 22.9. The second kappa shape index (κ2) is 25.8. The zero-order chi connectivity index (χ0) is 44.2. The molecule has 0 atom stereocenters. The predicted octanol–water partition coefficient (Wildman–Crippen LogP) is 9.98. The van der Waals surface area contributed by atoms with E-state index in [1.807, 2.05) is 13.8 Å². The minimum absolute atomic E-state index is 0.0134. The van der Waals surface area contributed by atoms with Gasteiger partial charge in [-0.05, 0) is 133 Å². The largest absolute Gasteiger partial charge is 0.492 e. The standard InChI is InChI=1S/C52H74O9/c1-7-9-10-13-39-16-18-41(19-17-39)42-20-22-43(23-21-42)44-24-25-48(40(8-2)30-44)47-31-45(14-11-27-59-50(56)37(3)4)49(46(32-47)15-12-28-60-51(57)38(5)6)61-36-52(33-54,34-55)35-58-29-26-53/h20-25,30-32,38-39,41,53-55H,3,7-19,26-29,33-36H2,1-2,4-6H3. The molecule has 0 spiro atoms. The molecule has 0 unspecified atom stereocenters. The van der Waals surface area contributed by atoms with E-state index >= 15 is 0 Å². The lowest BCUT2D eigenvalue weighted by Gasteiger charge is -2.30. The number of carbonyl (C=O) groups excluding carboxylic acids is 2. The molecule has 0 radical (unpaired) electrons. The summed E-state index contributed by atoms with van der Waals surface area (Å²) < 4.78 is 23.2. The maximum absolute atomic E-state index is 12.3. The van der Waals surface area contributed by atoms with Crippen LogP contribution in [0.15, 0.2) is 66.7 Å². The average Bonchev–Trinajstić information content (AvgIpc) is 3.28. The number of carbonyl (C=O) groups is 2. The first-order chi connectivity index (χ1) is 29.5. The number of benzene rings is 3. The van der Waals surface area contributed by atoms with Crippen LogP contribution in [0.1, 0.15) is 127 Å². The van der Waals surface area contributed by atoms with Gasteiger partial charge in [-0.3, -0.25) is 4.79 Å². The molecule has 0 amide bonds. The number of aryl methyl sites for hydroxylation is 3. The molecule has 1 aliphatic rings. The molecule has 3 N–H and O–H groups in total. The monoisotopic (exact) mass is 843 g/mol. The van der Waals surface area contributed by atoms with E-state index in [1.54, 1.807) is 6.92 Å². The number of rotatable bonds is 27.